The highest BCUT2D eigenvalue weighted by Crippen LogP contribution is 2.28. The van der Waals surface area contributed by atoms with E-state index in [2.05, 4.69) is 15.4 Å². The first-order valence-electron chi connectivity index (χ1n) is 6.08. The summed E-state index contributed by atoms with van der Waals surface area (Å²) in [4.78, 5) is 15.3. The summed E-state index contributed by atoms with van der Waals surface area (Å²) in [5, 5.41) is 25.5. The van der Waals surface area contributed by atoms with Crippen LogP contribution in [0.2, 0.25) is 0 Å². The van der Waals surface area contributed by atoms with Gasteiger partial charge in [0.05, 0.1) is 16.8 Å². The molecule has 0 spiro atoms. The van der Waals surface area contributed by atoms with Crippen molar-refractivity contribution in [1.82, 2.24) is 14.8 Å². The lowest BCUT2D eigenvalue weighted by atomic mass is 10.1. The van der Waals surface area contributed by atoms with Crippen LogP contribution in [-0.4, -0.2) is 50.0 Å². The summed E-state index contributed by atoms with van der Waals surface area (Å²) in [5.74, 6) is -1.25. The number of carbonyl (C=O) groups is 1. The van der Waals surface area contributed by atoms with E-state index in [0.717, 1.165) is 6.20 Å². The molecular formula is C12H14F2N4O3. The summed E-state index contributed by atoms with van der Waals surface area (Å²) >= 11 is 0. The van der Waals surface area contributed by atoms with Gasteiger partial charge in [-0.1, -0.05) is 0 Å². The number of alkyl halides is 2. The number of nitrogens with one attached hydrogen (secondary N) is 1. The average Bonchev–Trinajstić information content (AvgIpc) is 2.70. The third-order valence-electron chi connectivity index (χ3n) is 3.04. The van der Waals surface area contributed by atoms with Crippen LogP contribution < -0.4 is 5.32 Å². The highest BCUT2D eigenvalue weighted by Gasteiger charge is 2.22. The first kappa shape index (κ1) is 15.1. The molecule has 0 aliphatic rings. The second-order valence-corrected chi connectivity index (χ2v) is 4.54. The molecular weight excluding hydrogens is 286 g/mol. The first-order valence-corrected chi connectivity index (χ1v) is 6.08. The van der Waals surface area contributed by atoms with Gasteiger partial charge in [0.15, 0.2) is 5.65 Å². The van der Waals surface area contributed by atoms with E-state index in [9.17, 15) is 18.7 Å². The van der Waals surface area contributed by atoms with Crippen LogP contribution in [-0.2, 0) is 7.05 Å². The number of hydrogen-bond acceptors (Lipinski definition) is 5. The van der Waals surface area contributed by atoms with E-state index in [1.54, 1.807) is 14.0 Å². The van der Waals surface area contributed by atoms with Crippen molar-refractivity contribution in [3.05, 3.63) is 17.5 Å². The van der Waals surface area contributed by atoms with Gasteiger partial charge in [-0.3, -0.25) is 4.68 Å². The molecule has 0 saturated carbocycles. The summed E-state index contributed by atoms with van der Waals surface area (Å²) in [5.41, 5.74) is 0.890. The molecule has 2 rings (SSSR count). The number of anilines is 1. The van der Waals surface area contributed by atoms with Crippen LogP contribution >= 0.6 is 0 Å². The Morgan fingerprint density at radius 3 is 2.76 bits per heavy atom. The molecule has 3 N–H and O–H groups in total. The van der Waals surface area contributed by atoms with Crippen molar-refractivity contribution in [1.29, 1.82) is 0 Å². The van der Waals surface area contributed by atoms with Crippen LogP contribution in [0.5, 0.6) is 0 Å². The number of rotatable bonds is 5. The second-order valence-electron chi connectivity index (χ2n) is 4.54. The first-order chi connectivity index (χ1) is 9.82. The quantitative estimate of drug-likeness (QED) is 0.762. The van der Waals surface area contributed by atoms with Crippen molar-refractivity contribution >= 4 is 22.7 Å². The predicted molar refractivity (Wildman–Crippen MR) is 70.7 cm³/mol. The number of halogens is 2. The fourth-order valence-electron chi connectivity index (χ4n) is 2.05. The lowest BCUT2D eigenvalue weighted by molar-refractivity contribution is 0.00385. The van der Waals surface area contributed by atoms with Gasteiger partial charge >= 0.3 is 5.97 Å². The number of carboxylic acids is 1. The van der Waals surface area contributed by atoms with E-state index < -0.39 is 25.0 Å². The normalized spacial score (nSPS) is 12.9. The van der Waals surface area contributed by atoms with Gasteiger partial charge in [0.1, 0.15) is 11.7 Å². The zero-order chi connectivity index (χ0) is 15.7. The minimum atomic E-state index is -2.92. The predicted octanol–water partition coefficient (Wildman–Crippen LogP) is 1.01. The van der Waals surface area contributed by atoms with Crippen molar-refractivity contribution in [2.24, 2.45) is 7.05 Å². The molecule has 2 aromatic rings. The SMILES string of the molecule is Cc1nn(C)c2ncc(C(=O)O)c(NCC(O)C(F)F)c12. The molecule has 0 saturated heterocycles. The lowest BCUT2D eigenvalue weighted by Crippen LogP contribution is -2.27. The molecule has 9 heteroatoms. The van der Waals surface area contributed by atoms with Crippen LogP contribution in [0.4, 0.5) is 14.5 Å². The Morgan fingerprint density at radius 2 is 2.19 bits per heavy atom. The number of nitrogens with zero attached hydrogens (tertiary/aromatic N) is 3. The van der Waals surface area contributed by atoms with Gasteiger partial charge in [-0.2, -0.15) is 5.10 Å². The number of carboxylic acid groups (broad SMARTS) is 1. The molecule has 0 aromatic carbocycles. The third-order valence-corrected chi connectivity index (χ3v) is 3.04. The number of hydrogen-bond donors (Lipinski definition) is 3. The van der Waals surface area contributed by atoms with Gasteiger partial charge in [-0.05, 0) is 6.92 Å². The van der Waals surface area contributed by atoms with Crippen LogP contribution in [0, 0.1) is 6.92 Å². The van der Waals surface area contributed by atoms with Gasteiger partial charge in [0.25, 0.3) is 6.43 Å². The minimum Gasteiger partial charge on any atom is -0.478 e. The molecule has 21 heavy (non-hydrogen) atoms. The Kier molecular flexibility index (Phi) is 4.03. The van der Waals surface area contributed by atoms with E-state index in [1.807, 2.05) is 0 Å². The largest absolute Gasteiger partial charge is 0.478 e. The van der Waals surface area contributed by atoms with E-state index in [4.69, 9.17) is 5.11 Å². The molecule has 0 radical (unpaired) electrons. The zero-order valence-electron chi connectivity index (χ0n) is 11.3. The smallest absolute Gasteiger partial charge is 0.339 e. The van der Waals surface area contributed by atoms with E-state index in [0.29, 0.717) is 16.7 Å². The highest BCUT2D eigenvalue weighted by molar-refractivity contribution is 6.04. The fourth-order valence-corrected chi connectivity index (χ4v) is 2.05. The summed E-state index contributed by atoms with van der Waals surface area (Å²) in [6, 6.07) is 0. The van der Waals surface area contributed by atoms with Crippen molar-refractivity contribution in [2.45, 2.75) is 19.5 Å². The molecule has 1 unspecified atom stereocenters. The van der Waals surface area contributed by atoms with Gasteiger partial charge in [0, 0.05) is 19.8 Å². The van der Waals surface area contributed by atoms with Gasteiger partial charge in [0.2, 0.25) is 0 Å². The molecule has 2 aromatic heterocycles. The van der Waals surface area contributed by atoms with Gasteiger partial charge < -0.3 is 15.5 Å². The Hall–Kier alpha value is -2.29. The van der Waals surface area contributed by atoms with E-state index in [-0.39, 0.29) is 11.3 Å². The maximum atomic E-state index is 12.4. The van der Waals surface area contributed by atoms with Crippen LogP contribution in [0.1, 0.15) is 16.1 Å². The molecule has 0 aliphatic carbocycles. The number of aliphatic hydroxyl groups is 1. The standard InChI is InChI=1S/C12H14F2N4O3/c1-5-8-9(15-4-7(19)10(13)14)6(12(20)21)3-16-11(8)18(2)17-5/h3,7,10,19H,4H2,1-2H3,(H,15,16)(H,20,21). The van der Waals surface area contributed by atoms with E-state index >= 15 is 0 Å². The number of aromatic carboxylic acids is 1. The Labute approximate surface area is 118 Å². The van der Waals surface area contributed by atoms with Crippen molar-refractivity contribution < 1.29 is 23.8 Å². The van der Waals surface area contributed by atoms with Crippen LogP contribution in [0.15, 0.2) is 6.20 Å². The number of pyridine rings is 1. The Morgan fingerprint density at radius 1 is 1.52 bits per heavy atom. The molecule has 0 bridgehead atoms. The second kappa shape index (κ2) is 5.60. The zero-order valence-corrected chi connectivity index (χ0v) is 11.3. The third kappa shape index (κ3) is 2.77. The average molecular weight is 300 g/mol. The topological polar surface area (TPSA) is 100 Å². The molecule has 114 valence electrons. The lowest BCUT2D eigenvalue weighted by Gasteiger charge is -2.14. The summed E-state index contributed by atoms with van der Waals surface area (Å²) in [6.45, 7) is 1.18. The van der Waals surface area contributed by atoms with Crippen LogP contribution in [0.25, 0.3) is 11.0 Å². The molecule has 0 amide bonds. The molecule has 2 heterocycles. The highest BCUT2D eigenvalue weighted by atomic mass is 19.3. The molecule has 7 nitrogen and oxygen atoms in total. The summed E-state index contributed by atoms with van der Waals surface area (Å²) in [6.07, 6.45) is -3.69. The maximum absolute atomic E-state index is 12.4. The fraction of sp³-hybridized carbons (Fsp3) is 0.417. The molecule has 1 atom stereocenters. The number of aryl methyl sites for hydroxylation is 2. The maximum Gasteiger partial charge on any atom is 0.339 e. The van der Waals surface area contributed by atoms with Crippen molar-refractivity contribution in [3.8, 4) is 0 Å². The number of aliphatic hydroxyl groups excluding tert-OH is 1. The number of aromatic nitrogens is 3. The Bertz CT molecular complexity index is 687. The monoisotopic (exact) mass is 300 g/mol. The van der Waals surface area contributed by atoms with Gasteiger partial charge in [-0.15, -0.1) is 0 Å². The summed E-state index contributed by atoms with van der Waals surface area (Å²) in [7, 11) is 1.64. The van der Waals surface area contributed by atoms with Crippen molar-refractivity contribution in [2.75, 3.05) is 11.9 Å². The Balaban J connectivity index is 2.51. The molecule has 0 fully saturated rings. The summed E-state index contributed by atoms with van der Waals surface area (Å²) < 4.78 is 26.2. The van der Waals surface area contributed by atoms with Crippen LogP contribution in [0.3, 0.4) is 0 Å². The van der Waals surface area contributed by atoms with Gasteiger partial charge in [-0.25, -0.2) is 18.6 Å². The number of fused-ring (bicyclic) bond motifs is 1. The minimum absolute atomic E-state index is 0.123. The van der Waals surface area contributed by atoms with Crippen molar-refractivity contribution in [3.63, 3.8) is 0 Å². The van der Waals surface area contributed by atoms with E-state index in [1.165, 1.54) is 4.68 Å². The molecule has 0 aliphatic heterocycles.